The summed E-state index contributed by atoms with van der Waals surface area (Å²) < 4.78 is 1.41. The Labute approximate surface area is 118 Å². The number of hydrogen-bond acceptors (Lipinski definition) is 6. The summed E-state index contributed by atoms with van der Waals surface area (Å²) in [7, 11) is 0. The number of aliphatic carboxylic acids is 1. The molecule has 0 bridgehead atoms. The highest BCUT2D eigenvalue weighted by Gasteiger charge is 2.29. The first-order chi connectivity index (χ1) is 9.41. The fourth-order valence-corrected chi connectivity index (χ4v) is 2.65. The lowest BCUT2D eigenvalue weighted by Crippen LogP contribution is -2.33. The molecule has 0 saturated carbocycles. The lowest BCUT2D eigenvalue weighted by Gasteiger charge is -2.25. The van der Waals surface area contributed by atoms with E-state index >= 15 is 0 Å². The number of carbonyl (C=O) groups is 1. The first-order valence-corrected chi connectivity index (χ1v) is 6.88. The van der Waals surface area contributed by atoms with E-state index in [0.29, 0.717) is 4.96 Å². The van der Waals surface area contributed by atoms with Crippen LogP contribution in [0.3, 0.4) is 0 Å². The fraction of sp³-hybridized carbons (Fsp3) is 0.455. The maximum Gasteiger partial charge on any atom is 0.373 e. The van der Waals surface area contributed by atoms with Crippen LogP contribution in [0.5, 0.6) is 0 Å². The molecular formula is C11H14N4O4S. The van der Waals surface area contributed by atoms with Crippen molar-refractivity contribution in [1.29, 1.82) is 0 Å². The van der Waals surface area contributed by atoms with Crippen molar-refractivity contribution in [3.05, 3.63) is 21.7 Å². The average molecular weight is 298 g/mol. The maximum absolute atomic E-state index is 11.3. The summed E-state index contributed by atoms with van der Waals surface area (Å²) in [6, 6.07) is -0.0855. The standard InChI is InChI=1S/C11H14N4O4S/c1-7(2)13(4-3-8(16)17)9-10(15(18)19)14-5-6-20-11(14)12-9/h5-7H,3-4H2,1-2H3,(H,16,17). The number of imidazole rings is 1. The Morgan fingerprint density at radius 3 is 2.90 bits per heavy atom. The summed E-state index contributed by atoms with van der Waals surface area (Å²) >= 11 is 1.30. The second kappa shape index (κ2) is 5.45. The smallest absolute Gasteiger partial charge is 0.373 e. The maximum atomic E-state index is 11.3. The Hall–Kier alpha value is -2.16. The molecule has 2 rings (SSSR count). The van der Waals surface area contributed by atoms with Gasteiger partial charge in [0.15, 0.2) is 0 Å². The van der Waals surface area contributed by atoms with Gasteiger partial charge in [0, 0.05) is 18.0 Å². The first-order valence-electron chi connectivity index (χ1n) is 6.00. The summed E-state index contributed by atoms with van der Waals surface area (Å²) in [5.74, 6) is -0.849. The van der Waals surface area contributed by atoms with E-state index in [-0.39, 0.29) is 30.6 Å². The number of anilines is 1. The Balaban J connectivity index is 2.46. The van der Waals surface area contributed by atoms with Crippen LogP contribution in [0.1, 0.15) is 20.3 Å². The lowest BCUT2D eigenvalue weighted by atomic mass is 10.3. The predicted molar refractivity (Wildman–Crippen MR) is 74.5 cm³/mol. The van der Waals surface area contributed by atoms with E-state index in [9.17, 15) is 14.9 Å². The third kappa shape index (κ3) is 2.57. The lowest BCUT2D eigenvalue weighted by molar-refractivity contribution is -0.389. The molecule has 0 fully saturated rings. The van der Waals surface area contributed by atoms with Crippen molar-refractivity contribution in [2.45, 2.75) is 26.3 Å². The molecular weight excluding hydrogens is 284 g/mol. The molecule has 9 heteroatoms. The molecule has 0 aliphatic heterocycles. The number of rotatable bonds is 6. The summed E-state index contributed by atoms with van der Waals surface area (Å²) in [6.45, 7) is 3.87. The zero-order valence-electron chi connectivity index (χ0n) is 11.0. The van der Waals surface area contributed by atoms with Crippen LogP contribution in [0.15, 0.2) is 11.6 Å². The molecule has 108 valence electrons. The van der Waals surface area contributed by atoms with Crippen molar-refractivity contribution < 1.29 is 14.8 Å². The molecule has 2 aromatic rings. The van der Waals surface area contributed by atoms with Crippen molar-refractivity contribution in [1.82, 2.24) is 9.38 Å². The molecule has 0 atom stereocenters. The molecule has 0 unspecified atom stereocenters. The Morgan fingerprint density at radius 1 is 1.65 bits per heavy atom. The highest BCUT2D eigenvalue weighted by atomic mass is 32.1. The van der Waals surface area contributed by atoms with Crippen LogP contribution >= 0.6 is 11.3 Å². The van der Waals surface area contributed by atoms with Gasteiger partial charge >= 0.3 is 11.8 Å². The van der Waals surface area contributed by atoms with Crippen molar-refractivity contribution in [2.24, 2.45) is 0 Å². The SMILES string of the molecule is CC(C)N(CCC(=O)O)c1nc2sccn2c1[N+](=O)[O-]. The van der Waals surface area contributed by atoms with E-state index in [2.05, 4.69) is 4.98 Å². The number of fused-ring (bicyclic) bond motifs is 1. The summed E-state index contributed by atoms with van der Waals surface area (Å²) in [6.07, 6.45) is 1.49. The summed E-state index contributed by atoms with van der Waals surface area (Å²) in [5, 5.41) is 21.8. The summed E-state index contributed by atoms with van der Waals surface area (Å²) in [5.41, 5.74) is 0. The normalized spacial score (nSPS) is 11.2. The second-order valence-corrected chi connectivity index (χ2v) is 5.38. The Kier molecular flexibility index (Phi) is 3.89. The van der Waals surface area contributed by atoms with Crippen LogP contribution in [0.4, 0.5) is 11.6 Å². The van der Waals surface area contributed by atoms with Gasteiger partial charge in [0.25, 0.3) is 4.96 Å². The minimum absolute atomic E-state index is 0.0855. The molecule has 0 aliphatic rings. The van der Waals surface area contributed by atoms with Crippen molar-refractivity contribution in [3.8, 4) is 0 Å². The monoisotopic (exact) mass is 298 g/mol. The molecule has 0 aliphatic carbocycles. The van der Waals surface area contributed by atoms with Gasteiger partial charge in [-0.3, -0.25) is 4.79 Å². The topological polar surface area (TPSA) is 101 Å². The highest BCUT2D eigenvalue weighted by molar-refractivity contribution is 7.15. The number of aromatic nitrogens is 2. The number of nitro groups is 1. The van der Waals surface area contributed by atoms with Crippen molar-refractivity contribution in [3.63, 3.8) is 0 Å². The fourth-order valence-electron chi connectivity index (χ4n) is 1.95. The van der Waals surface area contributed by atoms with E-state index in [1.165, 1.54) is 15.7 Å². The molecule has 0 spiro atoms. The van der Waals surface area contributed by atoms with Crippen LogP contribution in [0.2, 0.25) is 0 Å². The van der Waals surface area contributed by atoms with Gasteiger partial charge in [-0.05, 0) is 18.8 Å². The van der Waals surface area contributed by atoms with Gasteiger partial charge in [-0.1, -0.05) is 11.3 Å². The summed E-state index contributed by atoms with van der Waals surface area (Å²) in [4.78, 5) is 27.9. The zero-order chi connectivity index (χ0) is 14.9. The number of carboxylic acids is 1. The van der Waals surface area contributed by atoms with Gasteiger partial charge < -0.3 is 20.1 Å². The van der Waals surface area contributed by atoms with E-state index in [4.69, 9.17) is 5.11 Å². The van der Waals surface area contributed by atoms with Crippen LogP contribution in [0.25, 0.3) is 4.96 Å². The van der Waals surface area contributed by atoms with Gasteiger partial charge in [0.2, 0.25) is 5.82 Å². The molecule has 2 heterocycles. The molecule has 0 saturated heterocycles. The Bertz CT molecular complexity index is 648. The molecule has 8 nitrogen and oxygen atoms in total. The van der Waals surface area contributed by atoms with Gasteiger partial charge in [-0.25, -0.2) is 0 Å². The van der Waals surface area contributed by atoms with Gasteiger partial charge in [0.1, 0.15) is 6.20 Å². The number of carboxylic acid groups (broad SMARTS) is 1. The Morgan fingerprint density at radius 2 is 2.35 bits per heavy atom. The largest absolute Gasteiger partial charge is 0.481 e. The van der Waals surface area contributed by atoms with Crippen LogP contribution in [-0.2, 0) is 4.79 Å². The number of thiazole rings is 1. The minimum Gasteiger partial charge on any atom is -0.481 e. The third-order valence-electron chi connectivity index (χ3n) is 2.85. The zero-order valence-corrected chi connectivity index (χ0v) is 11.8. The average Bonchev–Trinajstić information content (AvgIpc) is 2.87. The predicted octanol–water partition coefficient (Wildman–Crippen LogP) is 1.99. The van der Waals surface area contributed by atoms with Gasteiger partial charge in [-0.2, -0.15) is 9.38 Å². The van der Waals surface area contributed by atoms with Crippen LogP contribution < -0.4 is 4.90 Å². The molecule has 20 heavy (non-hydrogen) atoms. The van der Waals surface area contributed by atoms with E-state index in [1.54, 1.807) is 16.5 Å². The van der Waals surface area contributed by atoms with Crippen molar-refractivity contribution in [2.75, 3.05) is 11.4 Å². The van der Waals surface area contributed by atoms with Gasteiger partial charge in [0.05, 0.1) is 6.42 Å². The highest BCUT2D eigenvalue weighted by Crippen LogP contribution is 2.32. The molecule has 0 radical (unpaired) electrons. The molecule has 0 aromatic carbocycles. The van der Waals surface area contributed by atoms with Crippen LogP contribution in [-0.4, -0.2) is 38.0 Å². The quantitative estimate of drug-likeness (QED) is 0.646. The van der Waals surface area contributed by atoms with E-state index in [0.717, 1.165) is 0 Å². The van der Waals surface area contributed by atoms with Gasteiger partial charge in [-0.15, -0.1) is 0 Å². The van der Waals surface area contributed by atoms with Crippen LogP contribution in [0, 0.1) is 10.1 Å². The molecule has 1 N–H and O–H groups in total. The minimum atomic E-state index is -0.945. The number of hydrogen-bond donors (Lipinski definition) is 1. The first kappa shape index (κ1) is 14.3. The third-order valence-corrected chi connectivity index (χ3v) is 3.61. The van der Waals surface area contributed by atoms with Crippen molar-refractivity contribution >= 4 is 33.9 Å². The molecule has 2 aromatic heterocycles. The van der Waals surface area contributed by atoms with E-state index in [1.807, 2.05) is 13.8 Å². The number of nitrogens with zero attached hydrogens (tertiary/aromatic N) is 4. The molecule has 0 amide bonds. The van der Waals surface area contributed by atoms with E-state index < -0.39 is 10.9 Å². The second-order valence-electron chi connectivity index (χ2n) is 4.50.